The fourth-order valence-electron chi connectivity index (χ4n) is 4.52. The van der Waals surface area contributed by atoms with Crippen molar-refractivity contribution in [2.75, 3.05) is 0 Å². The standard InChI is InChI=1S/C16H28F2O2S/c1-3-15(11-7-5-9-13(15)17)21(19,20)16(4-2)12-8-6-10-14(16)18/h13-14H,3-12H2,1-2H3. The van der Waals surface area contributed by atoms with Crippen molar-refractivity contribution in [3.8, 4) is 0 Å². The number of sulfone groups is 1. The van der Waals surface area contributed by atoms with Gasteiger partial charge in [-0.3, -0.25) is 0 Å². The topological polar surface area (TPSA) is 34.1 Å². The van der Waals surface area contributed by atoms with Gasteiger partial charge < -0.3 is 0 Å². The van der Waals surface area contributed by atoms with Gasteiger partial charge in [-0.15, -0.1) is 0 Å². The van der Waals surface area contributed by atoms with E-state index in [0.29, 0.717) is 25.7 Å². The van der Waals surface area contributed by atoms with Crippen LogP contribution in [0.15, 0.2) is 0 Å². The zero-order valence-corrected chi connectivity index (χ0v) is 14.0. The van der Waals surface area contributed by atoms with Crippen molar-refractivity contribution < 1.29 is 17.2 Å². The van der Waals surface area contributed by atoms with E-state index in [1.54, 1.807) is 13.8 Å². The highest BCUT2D eigenvalue weighted by molar-refractivity contribution is 7.94. The molecule has 0 aromatic heterocycles. The molecule has 0 aromatic carbocycles. The van der Waals surface area contributed by atoms with Crippen LogP contribution in [-0.4, -0.2) is 30.3 Å². The maximum atomic E-state index is 14.7. The molecule has 21 heavy (non-hydrogen) atoms. The summed E-state index contributed by atoms with van der Waals surface area (Å²) in [7, 11) is -3.86. The normalized spacial score (nSPS) is 41.9. The van der Waals surface area contributed by atoms with Crippen molar-refractivity contribution in [3.63, 3.8) is 0 Å². The summed E-state index contributed by atoms with van der Waals surface area (Å²) < 4.78 is 53.4. The van der Waals surface area contributed by atoms with Crippen LogP contribution in [0, 0.1) is 0 Å². The van der Waals surface area contributed by atoms with E-state index < -0.39 is 31.7 Å². The number of alkyl halides is 2. The third-order valence-corrected chi connectivity index (χ3v) is 9.66. The van der Waals surface area contributed by atoms with Gasteiger partial charge in [0, 0.05) is 0 Å². The van der Waals surface area contributed by atoms with Gasteiger partial charge in [0.25, 0.3) is 0 Å². The molecule has 2 nitrogen and oxygen atoms in total. The Bertz CT molecular complexity index is 429. The summed E-state index contributed by atoms with van der Waals surface area (Å²) in [5.41, 5.74) is 0. The maximum absolute atomic E-state index is 14.7. The van der Waals surface area contributed by atoms with E-state index in [1.807, 2.05) is 0 Å². The van der Waals surface area contributed by atoms with Crippen LogP contribution >= 0.6 is 0 Å². The third kappa shape index (κ3) is 2.34. The maximum Gasteiger partial charge on any atom is 0.167 e. The predicted molar refractivity (Wildman–Crippen MR) is 81.7 cm³/mol. The van der Waals surface area contributed by atoms with Crippen LogP contribution in [0.25, 0.3) is 0 Å². The van der Waals surface area contributed by atoms with Gasteiger partial charge in [-0.25, -0.2) is 17.2 Å². The van der Waals surface area contributed by atoms with Crippen LogP contribution < -0.4 is 0 Å². The first-order valence-corrected chi connectivity index (χ1v) is 9.88. The molecule has 0 spiro atoms. The molecule has 4 unspecified atom stereocenters. The molecule has 124 valence electrons. The Labute approximate surface area is 127 Å². The smallest absolute Gasteiger partial charge is 0.167 e. The van der Waals surface area contributed by atoms with E-state index in [2.05, 4.69) is 0 Å². The fourth-order valence-corrected chi connectivity index (χ4v) is 7.83. The summed E-state index contributed by atoms with van der Waals surface area (Å²) in [6.45, 7) is 3.49. The van der Waals surface area contributed by atoms with Crippen LogP contribution in [0.2, 0.25) is 0 Å². The number of hydrogen-bond acceptors (Lipinski definition) is 2. The van der Waals surface area contributed by atoms with Crippen molar-refractivity contribution in [2.24, 2.45) is 0 Å². The Kier molecular flexibility index (Phi) is 5.01. The van der Waals surface area contributed by atoms with Crippen molar-refractivity contribution in [2.45, 2.75) is 99.9 Å². The Morgan fingerprint density at radius 3 is 1.52 bits per heavy atom. The van der Waals surface area contributed by atoms with Crippen molar-refractivity contribution in [1.82, 2.24) is 0 Å². The minimum absolute atomic E-state index is 0.255. The lowest BCUT2D eigenvalue weighted by Crippen LogP contribution is -2.61. The molecule has 0 saturated heterocycles. The summed E-state index contributed by atoms with van der Waals surface area (Å²) in [5, 5.41) is 0. The highest BCUT2D eigenvalue weighted by atomic mass is 32.2. The van der Waals surface area contributed by atoms with Crippen molar-refractivity contribution in [1.29, 1.82) is 0 Å². The molecule has 0 aromatic rings. The van der Waals surface area contributed by atoms with E-state index in [-0.39, 0.29) is 12.8 Å². The highest BCUT2D eigenvalue weighted by Crippen LogP contribution is 2.51. The molecule has 2 aliphatic carbocycles. The minimum atomic E-state index is -3.86. The Morgan fingerprint density at radius 1 is 0.857 bits per heavy atom. The van der Waals surface area contributed by atoms with Crippen LogP contribution in [0.5, 0.6) is 0 Å². The molecule has 2 rings (SSSR count). The molecule has 2 saturated carbocycles. The lowest BCUT2D eigenvalue weighted by atomic mass is 9.83. The molecule has 2 aliphatic rings. The van der Waals surface area contributed by atoms with Crippen LogP contribution in [0.3, 0.4) is 0 Å². The van der Waals surface area contributed by atoms with E-state index >= 15 is 0 Å². The second kappa shape index (κ2) is 6.13. The molecule has 4 atom stereocenters. The first-order chi connectivity index (χ1) is 9.88. The summed E-state index contributed by atoms with van der Waals surface area (Å²) in [4.78, 5) is 0. The highest BCUT2D eigenvalue weighted by Gasteiger charge is 2.62. The Balaban J connectivity index is 2.51. The van der Waals surface area contributed by atoms with Crippen LogP contribution in [-0.2, 0) is 9.84 Å². The summed E-state index contributed by atoms with van der Waals surface area (Å²) in [5.74, 6) is 0. The lowest BCUT2D eigenvalue weighted by Gasteiger charge is -2.48. The van der Waals surface area contributed by atoms with Crippen LogP contribution in [0.1, 0.15) is 78.1 Å². The molecule has 0 amide bonds. The minimum Gasteiger partial charge on any atom is -0.246 e. The molecule has 0 radical (unpaired) electrons. The van der Waals surface area contributed by atoms with Gasteiger partial charge in [0.2, 0.25) is 0 Å². The zero-order chi connectivity index (χ0) is 15.7. The second-order valence-electron chi connectivity index (χ2n) is 6.77. The van der Waals surface area contributed by atoms with Gasteiger partial charge in [0.15, 0.2) is 9.84 Å². The van der Waals surface area contributed by atoms with Gasteiger partial charge in [-0.2, -0.15) is 0 Å². The number of hydrogen-bond donors (Lipinski definition) is 0. The van der Waals surface area contributed by atoms with Crippen molar-refractivity contribution >= 4 is 9.84 Å². The lowest BCUT2D eigenvalue weighted by molar-refractivity contribution is 0.151. The first-order valence-electron chi connectivity index (χ1n) is 8.40. The molecule has 2 fully saturated rings. The van der Waals surface area contributed by atoms with Crippen LogP contribution in [0.4, 0.5) is 8.78 Å². The molecule has 0 bridgehead atoms. The SMILES string of the molecule is CCC1(S(=O)(=O)C2(CC)CCCCC2F)CCCCC1F. The van der Waals surface area contributed by atoms with E-state index in [1.165, 1.54) is 0 Å². The van der Waals surface area contributed by atoms with E-state index in [9.17, 15) is 17.2 Å². The quantitative estimate of drug-likeness (QED) is 0.762. The van der Waals surface area contributed by atoms with Gasteiger partial charge in [0.1, 0.15) is 21.8 Å². The molecule has 0 N–H and O–H groups in total. The number of rotatable bonds is 4. The van der Waals surface area contributed by atoms with Gasteiger partial charge in [-0.1, -0.05) is 39.5 Å². The van der Waals surface area contributed by atoms with Gasteiger partial charge in [0.05, 0.1) is 0 Å². The van der Waals surface area contributed by atoms with Gasteiger partial charge in [-0.05, 0) is 38.5 Å². The molecule has 0 aliphatic heterocycles. The Hall–Kier alpha value is -0.190. The third-order valence-electron chi connectivity index (χ3n) is 6.02. The first kappa shape index (κ1) is 17.2. The average Bonchev–Trinajstić information content (AvgIpc) is 2.48. The Morgan fingerprint density at radius 2 is 1.24 bits per heavy atom. The molecular weight excluding hydrogens is 294 g/mol. The predicted octanol–water partition coefficient (Wildman–Crippen LogP) is 4.52. The summed E-state index contributed by atoms with van der Waals surface area (Å²) in [6.07, 6.45) is 2.02. The monoisotopic (exact) mass is 322 g/mol. The second-order valence-corrected chi connectivity index (χ2v) is 9.40. The molecule has 5 heteroatoms. The molecular formula is C16H28F2O2S. The summed E-state index contributed by atoms with van der Waals surface area (Å²) in [6, 6.07) is 0. The van der Waals surface area contributed by atoms with E-state index in [4.69, 9.17) is 0 Å². The van der Waals surface area contributed by atoms with Crippen molar-refractivity contribution in [3.05, 3.63) is 0 Å². The van der Waals surface area contributed by atoms with E-state index in [0.717, 1.165) is 25.7 Å². The summed E-state index contributed by atoms with van der Waals surface area (Å²) >= 11 is 0. The molecule has 0 heterocycles. The zero-order valence-electron chi connectivity index (χ0n) is 13.2. The number of halogens is 2. The fraction of sp³-hybridized carbons (Fsp3) is 1.00. The average molecular weight is 322 g/mol. The van der Waals surface area contributed by atoms with Gasteiger partial charge >= 0.3 is 0 Å². The largest absolute Gasteiger partial charge is 0.246 e.